The maximum absolute atomic E-state index is 11.8. The minimum absolute atomic E-state index is 0.120. The summed E-state index contributed by atoms with van der Waals surface area (Å²) < 4.78 is 11.5. The number of hydrogen-bond acceptors (Lipinski definition) is 7. The van der Waals surface area contributed by atoms with Crippen molar-refractivity contribution >= 4 is 40.5 Å². The van der Waals surface area contributed by atoms with Gasteiger partial charge in [-0.3, -0.25) is 24.2 Å². The molecule has 2 aromatic carbocycles. The highest BCUT2D eigenvalue weighted by Gasteiger charge is 2.30. The smallest absolute Gasteiger partial charge is 0.306 e. The molecule has 1 N–H and O–H groups in total. The van der Waals surface area contributed by atoms with Gasteiger partial charge in [0.1, 0.15) is 6.61 Å². The number of halogens is 1. The summed E-state index contributed by atoms with van der Waals surface area (Å²) in [6.07, 6.45) is 3.24. The molecule has 8 nitrogen and oxygen atoms in total. The fourth-order valence-electron chi connectivity index (χ4n) is 5.24. The van der Waals surface area contributed by atoms with Crippen LogP contribution in [0.5, 0.6) is 11.5 Å². The van der Waals surface area contributed by atoms with Crippen molar-refractivity contribution in [2.75, 3.05) is 32.6 Å². The molecule has 2 aromatic rings. The molecule has 1 aliphatic carbocycles. The number of rotatable bonds is 12. The standard InChI is InChI=1S/C29H35ClN2O6S/c1-19(22-8-10-24(30)11-9-22)31(16-20-3-6-23(7-4-20)28(34)35)17-21-5-12-25(26(15-21)37-2)38-14-13-32-27(33)18-39-29(32)36/h5,8-12,15,19-20,23H,3-4,6-7,13-14,16-18H2,1-2H3,(H,34,35)/t19-,20-,23-/m0/s1. The van der Waals surface area contributed by atoms with E-state index in [1.54, 1.807) is 7.11 Å². The highest BCUT2D eigenvalue weighted by atomic mass is 35.5. The molecule has 210 valence electrons. The summed E-state index contributed by atoms with van der Waals surface area (Å²) in [5, 5.41) is 9.85. The third kappa shape index (κ3) is 7.68. The van der Waals surface area contributed by atoms with Gasteiger partial charge in [0, 0.05) is 24.2 Å². The molecule has 0 spiro atoms. The molecule has 4 rings (SSSR count). The lowest BCUT2D eigenvalue weighted by Crippen LogP contribution is -2.34. The van der Waals surface area contributed by atoms with Gasteiger partial charge in [-0.2, -0.15) is 0 Å². The van der Waals surface area contributed by atoms with E-state index >= 15 is 0 Å². The summed E-state index contributed by atoms with van der Waals surface area (Å²) in [6.45, 7) is 4.10. The van der Waals surface area contributed by atoms with Crippen LogP contribution in [0.4, 0.5) is 4.79 Å². The van der Waals surface area contributed by atoms with Gasteiger partial charge >= 0.3 is 5.97 Å². The molecule has 2 fully saturated rings. The Morgan fingerprint density at radius 1 is 1.13 bits per heavy atom. The number of carbonyl (C=O) groups is 3. The second-order valence-corrected chi connectivity index (χ2v) is 11.5. The monoisotopic (exact) mass is 574 g/mol. The van der Waals surface area contributed by atoms with Gasteiger partial charge < -0.3 is 14.6 Å². The zero-order valence-corrected chi connectivity index (χ0v) is 23.9. The normalized spacial score (nSPS) is 20.4. The van der Waals surface area contributed by atoms with Crippen LogP contribution in [0, 0.1) is 11.8 Å². The van der Waals surface area contributed by atoms with Gasteiger partial charge in [-0.05, 0) is 73.9 Å². The van der Waals surface area contributed by atoms with Crippen LogP contribution >= 0.6 is 23.4 Å². The lowest BCUT2D eigenvalue weighted by Gasteiger charge is -2.35. The molecular formula is C29H35ClN2O6S. The van der Waals surface area contributed by atoms with Crippen LogP contribution in [0.1, 0.15) is 49.8 Å². The second-order valence-electron chi connectivity index (χ2n) is 10.1. The molecule has 0 bridgehead atoms. The van der Waals surface area contributed by atoms with Crippen molar-refractivity contribution in [2.45, 2.75) is 45.2 Å². The quantitative estimate of drug-likeness (QED) is 0.336. The molecule has 10 heteroatoms. The minimum atomic E-state index is -0.688. The average Bonchev–Trinajstić information content (AvgIpc) is 3.26. The first-order valence-electron chi connectivity index (χ1n) is 13.2. The van der Waals surface area contributed by atoms with Gasteiger partial charge in [0.05, 0.1) is 25.3 Å². The first kappa shape index (κ1) is 29.2. The van der Waals surface area contributed by atoms with Gasteiger partial charge in [0.15, 0.2) is 11.5 Å². The summed E-state index contributed by atoms with van der Waals surface area (Å²) in [5.74, 6) is 0.631. The molecule has 1 saturated carbocycles. The van der Waals surface area contributed by atoms with Crippen LogP contribution in [0.3, 0.4) is 0 Å². The number of methoxy groups -OCH3 is 1. The van der Waals surface area contributed by atoms with Crippen molar-refractivity contribution in [3.8, 4) is 11.5 Å². The van der Waals surface area contributed by atoms with E-state index in [2.05, 4.69) is 11.8 Å². The van der Waals surface area contributed by atoms with Gasteiger partial charge in [-0.25, -0.2) is 0 Å². The van der Waals surface area contributed by atoms with E-state index in [1.165, 1.54) is 4.90 Å². The van der Waals surface area contributed by atoms with Crippen LogP contribution in [-0.4, -0.2) is 64.6 Å². The number of aliphatic carboxylic acids is 1. The molecule has 0 unspecified atom stereocenters. The van der Waals surface area contributed by atoms with Crippen LogP contribution in [0.2, 0.25) is 5.02 Å². The van der Waals surface area contributed by atoms with Gasteiger partial charge in [0.2, 0.25) is 5.91 Å². The Balaban J connectivity index is 1.45. The fraction of sp³-hybridized carbons (Fsp3) is 0.483. The molecule has 0 radical (unpaired) electrons. The molecule has 1 heterocycles. The third-order valence-electron chi connectivity index (χ3n) is 7.62. The van der Waals surface area contributed by atoms with Crippen LogP contribution in [0.25, 0.3) is 0 Å². The third-order valence-corrected chi connectivity index (χ3v) is 8.73. The number of imide groups is 1. The topological polar surface area (TPSA) is 96.4 Å². The van der Waals surface area contributed by atoms with E-state index < -0.39 is 5.97 Å². The van der Waals surface area contributed by atoms with Crippen LogP contribution in [0.15, 0.2) is 42.5 Å². The predicted molar refractivity (Wildman–Crippen MR) is 151 cm³/mol. The van der Waals surface area contributed by atoms with Crippen LogP contribution < -0.4 is 9.47 Å². The Morgan fingerprint density at radius 2 is 1.85 bits per heavy atom. The molecule has 2 aliphatic rings. The average molecular weight is 575 g/mol. The van der Waals surface area contributed by atoms with E-state index in [9.17, 15) is 19.5 Å². The number of nitrogens with zero attached hydrogens (tertiary/aromatic N) is 2. The highest BCUT2D eigenvalue weighted by molar-refractivity contribution is 8.14. The maximum Gasteiger partial charge on any atom is 0.306 e. The zero-order chi connectivity index (χ0) is 27.9. The van der Waals surface area contributed by atoms with Gasteiger partial charge in [-0.15, -0.1) is 0 Å². The predicted octanol–water partition coefficient (Wildman–Crippen LogP) is 5.88. The number of benzene rings is 2. The summed E-state index contributed by atoms with van der Waals surface area (Å²) >= 11 is 7.14. The number of amides is 2. The summed E-state index contributed by atoms with van der Waals surface area (Å²) in [4.78, 5) is 38.7. The zero-order valence-electron chi connectivity index (χ0n) is 22.3. The summed E-state index contributed by atoms with van der Waals surface area (Å²) in [5.41, 5.74) is 2.22. The Bertz CT molecular complexity index is 1150. The second kappa shape index (κ2) is 13.5. The Labute approximate surface area is 238 Å². The Morgan fingerprint density at radius 3 is 2.46 bits per heavy atom. The summed E-state index contributed by atoms with van der Waals surface area (Å²) in [6, 6.07) is 13.8. The Kier molecular flexibility index (Phi) is 10.2. The van der Waals surface area contributed by atoms with E-state index in [0.29, 0.717) is 29.0 Å². The minimum Gasteiger partial charge on any atom is -0.493 e. The number of carboxylic acids is 1. The van der Waals surface area contributed by atoms with E-state index in [1.807, 2.05) is 42.5 Å². The fourth-order valence-corrected chi connectivity index (χ4v) is 6.12. The lowest BCUT2D eigenvalue weighted by molar-refractivity contribution is -0.143. The molecule has 2 amide bonds. The lowest BCUT2D eigenvalue weighted by atomic mass is 9.81. The largest absolute Gasteiger partial charge is 0.493 e. The van der Waals surface area contributed by atoms with Crippen molar-refractivity contribution in [1.82, 2.24) is 9.80 Å². The number of carbonyl (C=O) groups excluding carboxylic acids is 2. The van der Waals surface area contributed by atoms with Crippen LogP contribution in [-0.2, 0) is 16.1 Å². The van der Waals surface area contributed by atoms with E-state index in [4.69, 9.17) is 21.1 Å². The molecular weight excluding hydrogens is 540 g/mol. The highest BCUT2D eigenvalue weighted by Crippen LogP contribution is 2.34. The maximum atomic E-state index is 11.8. The SMILES string of the molecule is COc1cc(CN(C[C@H]2CC[C@H](C(=O)O)CC2)[C@@H](C)c2ccc(Cl)cc2)ccc1OCCN1C(=O)CSC1=O. The first-order chi connectivity index (χ1) is 18.7. The van der Waals surface area contributed by atoms with Crippen molar-refractivity contribution in [3.05, 3.63) is 58.6 Å². The van der Waals surface area contributed by atoms with Crippen molar-refractivity contribution in [2.24, 2.45) is 11.8 Å². The van der Waals surface area contributed by atoms with Gasteiger partial charge in [0.25, 0.3) is 5.24 Å². The number of thioether (sulfide) groups is 1. The van der Waals surface area contributed by atoms with Gasteiger partial charge in [-0.1, -0.05) is 41.6 Å². The molecule has 1 saturated heterocycles. The molecule has 1 atom stereocenters. The summed E-state index contributed by atoms with van der Waals surface area (Å²) in [7, 11) is 1.59. The molecule has 39 heavy (non-hydrogen) atoms. The molecule has 0 aromatic heterocycles. The van der Waals surface area contributed by atoms with E-state index in [0.717, 1.165) is 55.1 Å². The van der Waals surface area contributed by atoms with Crippen molar-refractivity contribution in [3.63, 3.8) is 0 Å². The molecule has 1 aliphatic heterocycles. The first-order valence-corrected chi connectivity index (χ1v) is 14.6. The number of ether oxygens (including phenoxy) is 2. The van der Waals surface area contributed by atoms with Crippen molar-refractivity contribution in [1.29, 1.82) is 0 Å². The van der Waals surface area contributed by atoms with E-state index in [-0.39, 0.29) is 42.0 Å². The Hall–Kier alpha value is -2.75. The van der Waals surface area contributed by atoms with Crippen molar-refractivity contribution < 1.29 is 29.0 Å². The number of carboxylic acid groups (broad SMARTS) is 1. The number of hydrogen-bond donors (Lipinski definition) is 1.